The van der Waals surface area contributed by atoms with Gasteiger partial charge in [-0.25, -0.2) is 0 Å². The zero-order valence-electron chi connectivity index (χ0n) is 17.6. The predicted molar refractivity (Wildman–Crippen MR) is 116 cm³/mol. The van der Waals surface area contributed by atoms with Crippen LogP contribution in [0.5, 0.6) is 5.75 Å². The Morgan fingerprint density at radius 2 is 1.64 bits per heavy atom. The Bertz CT molecular complexity index is 707. The molecule has 2 aromatic rings. The molecule has 0 saturated carbocycles. The Labute approximate surface area is 170 Å². The molecule has 1 N–H and O–H groups in total. The minimum absolute atomic E-state index is 0.0407. The molecule has 3 nitrogen and oxygen atoms in total. The van der Waals surface area contributed by atoms with Crippen molar-refractivity contribution in [3.8, 4) is 5.75 Å². The fourth-order valence-corrected chi connectivity index (χ4v) is 4.35. The quantitative estimate of drug-likeness (QED) is 0.648. The van der Waals surface area contributed by atoms with E-state index in [-0.39, 0.29) is 5.92 Å². The fourth-order valence-electron chi connectivity index (χ4n) is 4.35. The van der Waals surface area contributed by atoms with Gasteiger partial charge in [0.05, 0.1) is 12.7 Å². The van der Waals surface area contributed by atoms with Crippen molar-refractivity contribution in [1.29, 1.82) is 0 Å². The van der Waals surface area contributed by atoms with Crippen molar-refractivity contribution < 1.29 is 9.84 Å². The van der Waals surface area contributed by atoms with Crippen LogP contribution in [0.25, 0.3) is 0 Å². The van der Waals surface area contributed by atoms with Gasteiger partial charge in [-0.2, -0.15) is 0 Å². The number of likely N-dealkylation sites (tertiary alicyclic amines) is 1. The summed E-state index contributed by atoms with van der Waals surface area (Å²) in [5, 5.41) is 12.2. The number of benzene rings is 2. The van der Waals surface area contributed by atoms with Gasteiger partial charge in [-0.05, 0) is 68.0 Å². The molecule has 1 saturated heterocycles. The van der Waals surface area contributed by atoms with Gasteiger partial charge < -0.3 is 14.7 Å². The normalized spacial score (nSPS) is 18.2. The second kappa shape index (κ2) is 9.58. The predicted octanol–water partition coefficient (Wildman–Crippen LogP) is 5.20. The second-order valence-electron chi connectivity index (χ2n) is 8.56. The number of rotatable bonds is 9. The Morgan fingerprint density at radius 1 is 1.00 bits per heavy atom. The SMILES string of the molecule is COc1ccc(C(O)(CCC(C)C)C(CN2CCCC2)c2ccccc2)cc1. The van der Waals surface area contributed by atoms with Gasteiger partial charge in [-0.15, -0.1) is 0 Å². The largest absolute Gasteiger partial charge is 0.497 e. The van der Waals surface area contributed by atoms with E-state index in [1.165, 1.54) is 18.4 Å². The molecule has 0 aliphatic carbocycles. The second-order valence-corrected chi connectivity index (χ2v) is 8.56. The first kappa shape index (κ1) is 20.9. The number of hydrogen-bond acceptors (Lipinski definition) is 3. The standard InChI is InChI=1S/C25H35NO2/c1-20(2)15-16-25(27,22-11-13-23(28-3)14-12-22)24(19-26-17-7-8-18-26)21-9-5-4-6-10-21/h4-6,9-14,20,24,27H,7-8,15-19H2,1-3H3. The number of methoxy groups -OCH3 is 1. The highest BCUT2D eigenvalue weighted by atomic mass is 16.5. The number of nitrogens with zero attached hydrogens (tertiary/aromatic N) is 1. The average molecular weight is 382 g/mol. The van der Waals surface area contributed by atoms with Crippen LogP contribution in [0.1, 0.15) is 56.6 Å². The molecular formula is C25H35NO2. The van der Waals surface area contributed by atoms with Gasteiger partial charge in [0.15, 0.2) is 0 Å². The van der Waals surface area contributed by atoms with Gasteiger partial charge in [-0.3, -0.25) is 0 Å². The minimum atomic E-state index is -0.902. The summed E-state index contributed by atoms with van der Waals surface area (Å²) in [7, 11) is 1.68. The topological polar surface area (TPSA) is 32.7 Å². The van der Waals surface area contributed by atoms with E-state index in [0.717, 1.165) is 43.8 Å². The molecule has 3 heteroatoms. The summed E-state index contributed by atoms with van der Waals surface area (Å²) in [6, 6.07) is 18.6. The molecule has 1 heterocycles. The summed E-state index contributed by atoms with van der Waals surface area (Å²) in [6.45, 7) is 7.61. The van der Waals surface area contributed by atoms with Gasteiger partial charge in [0.25, 0.3) is 0 Å². The lowest BCUT2D eigenvalue weighted by Gasteiger charge is -2.40. The molecule has 2 atom stereocenters. The van der Waals surface area contributed by atoms with E-state index in [1.807, 2.05) is 24.3 Å². The third-order valence-electron chi connectivity index (χ3n) is 6.11. The van der Waals surface area contributed by atoms with E-state index in [4.69, 9.17) is 4.74 Å². The molecule has 0 aromatic heterocycles. The Morgan fingerprint density at radius 3 is 2.21 bits per heavy atom. The first-order chi connectivity index (χ1) is 13.5. The summed E-state index contributed by atoms with van der Waals surface area (Å²) in [4.78, 5) is 2.52. The lowest BCUT2D eigenvalue weighted by Crippen LogP contribution is -2.40. The maximum absolute atomic E-state index is 12.2. The smallest absolute Gasteiger partial charge is 0.118 e. The molecule has 2 aromatic carbocycles. The Balaban J connectivity index is 2.00. The van der Waals surface area contributed by atoms with Crippen LogP contribution < -0.4 is 4.74 Å². The van der Waals surface area contributed by atoms with Crippen molar-refractivity contribution in [1.82, 2.24) is 4.90 Å². The molecule has 0 amide bonds. The molecule has 152 valence electrons. The van der Waals surface area contributed by atoms with E-state index in [0.29, 0.717) is 5.92 Å². The lowest BCUT2D eigenvalue weighted by molar-refractivity contribution is -0.0154. The third kappa shape index (κ3) is 4.95. The minimum Gasteiger partial charge on any atom is -0.497 e. The highest BCUT2D eigenvalue weighted by molar-refractivity contribution is 5.35. The van der Waals surface area contributed by atoms with Gasteiger partial charge in [0, 0.05) is 12.5 Å². The lowest BCUT2D eigenvalue weighted by atomic mass is 9.73. The van der Waals surface area contributed by atoms with Crippen molar-refractivity contribution in [3.05, 3.63) is 65.7 Å². The highest BCUT2D eigenvalue weighted by Crippen LogP contribution is 2.42. The molecule has 2 unspecified atom stereocenters. The first-order valence-corrected chi connectivity index (χ1v) is 10.7. The molecule has 3 rings (SSSR count). The summed E-state index contributed by atoms with van der Waals surface area (Å²) < 4.78 is 5.34. The number of ether oxygens (including phenoxy) is 1. The maximum Gasteiger partial charge on any atom is 0.118 e. The molecule has 28 heavy (non-hydrogen) atoms. The molecule has 1 fully saturated rings. The molecule has 1 aliphatic heterocycles. The molecule has 0 radical (unpaired) electrons. The number of hydrogen-bond donors (Lipinski definition) is 1. The van der Waals surface area contributed by atoms with Crippen LogP contribution in [0.3, 0.4) is 0 Å². The zero-order chi connectivity index (χ0) is 20.0. The van der Waals surface area contributed by atoms with Crippen molar-refractivity contribution >= 4 is 0 Å². The van der Waals surface area contributed by atoms with Crippen molar-refractivity contribution in [2.24, 2.45) is 5.92 Å². The van der Waals surface area contributed by atoms with Crippen molar-refractivity contribution in [2.75, 3.05) is 26.7 Å². The molecule has 0 spiro atoms. The van der Waals surface area contributed by atoms with Gasteiger partial charge in [0.1, 0.15) is 5.75 Å². The highest BCUT2D eigenvalue weighted by Gasteiger charge is 2.40. The van der Waals surface area contributed by atoms with Crippen LogP contribution in [-0.2, 0) is 5.60 Å². The van der Waals surface area contributed by atoms with Crippen LogP contribution in [0.15, 0.2) is 54.6 Å². The molecular weight excluding hydrogens is 346 g/mol. The zero-order valence-corrected chi connectivity index (χ0v) is 17.6. The first-order valence-electron chi connectivity index (χ1n) is 10.7. The van der Waals surface area contributed by atoms with Crippen LogP contribution in [0.2, 0.25) is 0 Å². The monoisotopic (exact) mass is 381 g/mol. The Kier molecular flexibility index (Phi) is 7.14. The van der Waals surface area contributed by atoms with E-state index in [2.05, 4.69) is 49.1 Å². The van der Waals surface area contributed by atoms with Crippen LogP contribution in [0, 0.1) is 5.92 Å². The van der Waals surface area contributed by atoms with Gasteiger partial charge >= 0.3 is 0 Å². The van der Waals surface area contributed by atoms with E-state index in [1.54, 1.807) is 7.11 Å². The van der Waals surface area contributed by atoms with Gasteiger partial charge in [-0.1, -0.05) is 56.3 Å². The van der Waals surface area contributed by atoms with E-state index < -0.39 is 5.60 Å². The molecule has 0 bridgehead atoms. The van der Waals surface area contributed by atoms with E-state index >= 15 is 0 Å². The van der Waals surface area contributed by atoms with Crippen LogP contribution in [0.4, 0.5) is 0 Å². The summed E-state index contributed by atoms with van der Waals surface area (Å²) >= 11 is 0. The average Bonchev–Trinajstić information content (AvgIpc) is 3.24. The van der Waals surface area contributed by atoms with Crippen LogP contribution >= 0.6 is 0 Å². The Hall–Kier alpha value is -1.84. The van der Waals surface area contributed by atoms with E-state index in [9.17, 15) is 5.11 Å². The summed E-state index contributed by atoms with van der Waals surface area (Å²) in [5.74, 6) is 1.41. The maximum atomic E-state index is 12.2. The third-order valence-corrected chi connectivity index (χ3v) is 6.11. The summed E-state index contributed by atoms with van der Waals surface area (Å²) in [5.41, 5.74) is 1.30. The van der Waals surface area contributed by atoms with Crippen molar-refractivity contribution in [3.63, 3.8) is 0 Å². The van der Waals surface area contributed by atoms with Crippen molar-refractivity contribution in [2.45, 2.75) is 51.0 Å². The fraction of sp³-hybridized carbons (Fsp3) is 0.520. The number of aliphatic hydroxyl groups is 1. The van der Waals surface area contributed by atoms with Crippen LogP contribution in [-0.4, -0.2) is 36.8 Å². The van der Waals surface area contributed by atoms with Gasteiger partial charge in [0.2, 0.25) is 0 Å². The molecule has 1 aliphatic rings. The summed E-state index contributed by atoms with van der Waals surface area (Å²) in [6.07, 6.45) is 4.26.